The Bertz CT molecular complexity index is 493. The van der Waals surface area contributed by atoms with Crippen LogP contribution < -0.4 is 16.0 Å². The Labute approximate surface area is 131 Å². The van der Waals surface area contributed by atoms with Crippen LogP contribution in [0.4, 0.5) is 11.4 Å². The molecule has 22 heavy (non-hydrogen) atoms. The molecule has 5 nitrogen and oxygen atoms in total. The Hall–Kier alpha value is -1.88. The average Bonchev–Trinajstić information content (AvgIpc) is 2.55. The first-order chi connectivity index (χ1) is 10.7. The second-order valence-electron chi connectivity index (χ2n) is 5.76. The lowest BCUT2D eigenvalue weighted by molar-refractivity contribution is -0.117. The van der Waals surface area contributed by atoms with E-state index in [9.17, 15) is 9.59 Å². The minimum atomic E-state index is -0.0150. The number of carbonyl (C=O) groups excluding carboxylic acids is 2. The second-order valence-corrected chi connectivity index (χ2v) is 5.76. The van der Waals surface area contributed by atoms with Crippen LogP contribution in [0.2, 0.25) is 0 Å². The van der Waals surface area contributed by atoms with Crippen LogP contribution in [0.3, 0.4) is 0 Å². The van der Waals surface area contributed by atoms with E-state index in [0.29, 0.717) is 18.8 Å². The predicted octanol–water partition coefficient (Wildman–Crippen LogP) is 2.75. The van der Waals surface area contributed by atoms with Crippen LogP contribution in [0.5, 0.6) is 0 Å². The molecule has 1 aliphatic rings. The fourth-order valence-electron chi connectivity index (χ4n) is 2.62. The lowest BCUT2D eigenvalue weighted by Gasteiger charge is -2.22. The van der Waals surface area contributed by atoms with E-state index in [1.165, 1.54) is 12.8 Å². The molecule has 1 heterocycles. The summed E-state index contributed by atoms with van der Waals surface area (Å²) in [6.45, 7) is 3.95. The Morgan fingerprint density at radius 1 is 1.05 bits per heavy atom. The molecule has 1 aliphatic heterocycles. The number of rotatable bonds is 6. The number of hydrogen-bond donors (Lipinski definition) is 3. The number of benzene rings is 1. The lowest BCUT2D eigenvalue weighted by atomic mass is 9.93. The Morgan fingerprint density at radius 2 is 1.59 bits per heavy atom. The highest BCUT2D eigenvalue weighted by Gasteiger charge is 2.14. The van der Waals surface area contributed by atoms with Gasteiger partial charge < -0.3 is 16.0 Å². The van der Waals surface area contributed by atoms with Crippen molar-refractivity contribution in [3.63, 3.8) is 0 Å². The molecular formula is C17H25N3O2. The quantitative estimate of drug-likeness (QED) is 0.757. The largest absolute Gasteiger partial charge is 0.326 e. The van der Waals surface area contributed by atoms with Gasteiger partial charge in [0.25, 0.3) is 0 Å². The summed E-state index contributed by atoms with van der Waals surface area (Å²) in [6.07, 6.45) is 4.31. The van der Waals surface area contributed by atoms with E-state index < -0.39 is 0 Å². The SMILES string of the molecule is CCC(=O)Nc1ccc(NC(=O)CCC2CCNCC2)cc1. The van der Waals surface area contributed by atoms with Crippen molar-refractivity contribution >= 4 is 23.2 Å². The van der Waals surface area contributed by atoms with E-state index in [4.69, 9.17) is 0 Å². The summed E-state index contributed by atoms with van der Waals surface area (Å²) in [5.74, 6) is 0.710. The molecule has 0 bridgehead atoms. The third-order valence-corrected chi connectivity index (χ3v) is 4.01. The van der Waals surface area contributed by atoms with Crippen LogP contribution in [0.25, 0.3) is 0 Å². The van der Waals surface area contributed by atoms with Crippen molar-refractivity contribution in [3.05, 3.63) is 24.3 Å². The molecule has 0 saturated carbocycles. The molecule has 1 aromatic carbocycles. The van der Waals surface area contributed by atoms with Crippen LogP contribution in [0, 0.1) is 5.92 Å². The van der Waals surface area contributed by atoms with Gasteiger partial charge in [0, 0.05) is 24.2 Å². The van der Waals surface area contributed by atoms with Crippen molar-refractivity contribution in [1.29, 1.82) is 0 Å². The van der Waals surface area contributed by atoms with E-state index in [-0.39, 0.29) is 11.8 Å². The Morgan fingerprint density at radius 3 is 2.14 bits per heavy atom. The summed E-state index contributed by atoms with van der Waals surface area (Å²) in [7, 11) is 0. The van der Waals surface area contributed by atoms with Crippen molar-refractivity contribution in [2.45, 2.75) is 39.0 Å². The van der Waals surface area contributed by atoms with Crippen molar-refractivity contribution in [1.82, 2.24) is 5.32 Å². The summed E-state index contributed by atoms with van der Waals surface area (Å²) < 4.78 is 0. The smallest absolute Gasteiger partial charge is 0.224 e. The third-order valence-electron chi connectivity index (χ3n) is 4.01. The molecule has 1 fully saturated rings. The Balaban J connectivity index is 1.75. The molecule has 5 heteroatoms. The maximum atomic E-state index is 12.0. The first-order valence-electron chi connectivity index (χ1n) is 8.08. The second kappa shape index (κ2) is 8.54. The minimum absolute atomic E-state index is 0.0150. The van der Waals surface area contributed by atoms with Crippen LogP contribution in [-0.4, -0.2) is 24.9 Å². The number of piperidine rings is 1. The van der Waals surface area contributed by atoms with Gasteiger partial charge in [0.05, 0.1) is 0 Å². The molecule has 0 unspecified atom stereocenters. The maximum absolute atomic E-state index is 12.0. The molecule has 2 amide bonds. The molecule has 0 atom stereocenters. The van der Waals surface area contributed by atoms with Gasteiger partial charge in [-0.05, 0) is 62.5 Å². The van der Waals surface area contributed by atoms with E-state index in [1.54, 1.807) is 12.1 Å². The molecule has 0 aromatic heterocycles. The minimum Gasteiger partial charge on any atom is -0.326 e. The summed E-state index contributed by atoms with van der Waals surface area (Å²) >= 11 is 0. The zero-order valence-electron chi connectivity index (χ0n) is 13.2. The van der Waals surface area contributed by atoms with Gasteiger partial charge >= 0.3 is 0 Å². The monoisotopic (exact) mass is 303 g/mol. The van der Waals surface area contributed by atoms with E-state index in [0.717, 1.165) is 30.9 Å². The maximum Gasteiger partial charge on any atom is 0.224 e. The van der Waals surface area contributed by atoms with Crippen LogP contribution >= 0.6 is 0 Å². The Kier molecular flexibility index (Phi) is 6.40. The summed E-state index contributed by atoms with van der Waals surface area (Å²) in [4.78, 5) is 23.3. The number of nitrogens with one attached hydrogen (secondary N) is 3. The van der Waals surface area contributed by atoms with Gasteiger partial charge in [0.1, 0.15) is 0 Å². The zero-order valence-corrected chi connectivity index (χ0v) is 13.2. The highest BCUT2D eigenvalue weighted by atomic mass is 16.2. The number of hydrogen-bond acceptors (Lipinski definition) is 3. The van der Waals surface area contributed by atoms with E-state index in [2.05, 4.69) is 16.0 Å². The molecule has 0 spiro atoms. The molecule has 1 aromatic rings. The average molecular weight is 303 g/mol. The van der Waals surface area contributed by atoms with E-state index >= 15 is 0 Å². The summed E-state index contributed by atoms with van der Waals surface area (Å²) in [5.41, 5.74) is 1.52. The van der Waals surface area contributed by atoms with Crippen molar-refractivity contribution in [3.8, 4) is 0 Å². The van der Waals surface area contributed by atoms with E-state index in [1.807, 2.05) is 19.1 Å². The number of amides is 2. The van der Waals surface area contributed by atoms with Crippen LogP contribution in [0.15, 0.2) is 24.3 Å². The van der Waals surface area contributed by atoms with Gasteiger partial charge in [0.15, 0.2) is 0 Å². The van der Waals surface area contributed by atoms with Gasteiger partial charge in [-0.1, -0.05) is 6.92 Å². The normalized spacial score (nSPS) is 15.3. The highest BCUT2D eigenvalue weighted by Crippen LogP contribution is 2.19. The standard InChI is InChI=1S/C17H25N3O2/c1-2-16(21)19-14-4-6-15(7-5-14)20-17(22)8-3-13-9-11-18-12-10-13/h4-7,13,18H,2-3,8-12H2,1H3,(H,19,21)(H,20,22). The number of carbonyl (C=O) groups is 2. The fraction of sp³-hybridized carbons (Fsp3) is 0.529. The third kappa shape index (κ3) is 5.48. The van der Waals surface area contributed by atoms with Crippen molar-refractivity contribution < 1.29 is 9.59 Å². The van der Waals surface area contributed by atoms with Crippen molar-refractivity contribution in [2.75, 3.05) is 23.7 Å². The molecule has 3 N–H and O–H groups in total. The van der Waals surface area contributed by atoms with Gasteiger partial charge in [-0.3, -0.25) is 9.59 Å². The molecular weight excluding hydrogens is 278 g/mol. The first-order valence-corrected chi connectivity index (χ1v) is 8.08. The van der Waals surface area contributed by atoms with Crippen LogP contribution in [-0.2, 0) is 9.59 Å². The highest BCUT2D eigenvalue weighted by molar-refractivity contribution is 5.92. The molecule has 0 radical (unpaired) electrons. The van der Waals surface area contributed by atoms with Gasteiger partial charge in [-0.25, -0.2) is 0 Å². The predicted molar refractivity (Wildman–Crippen MR) is 88.8 cm³/mol. The zero-order chi connectivity index (χ0) is 15.8. The molecule has 2 rings (SSSR count). The fourth-order valence-corrected chi connectivity index (χ4v) is 2.62. The topological polar surface area (TPSA) is 70.2 Å². The van der Waals surface area contributed by atoms with Crippen LogP contribution in [0.1, 0.15) is 39.0 Å². The van der Waals surface area contributed by atoms with Gasteiger partial charge in [0.2, 0.25) is 11.8 Å². The summed E-state index contributed by atoms with van der Waals surface area (Å²) in [6, 6.07) is 7.23. The van der Waals surface area contributed by atoms with Gasteiger partial charge in [-0.2, -0.15) is 0 Å². The lowest BCUT2D eigenvalue weighted by Crippen LogP contribution is -2.28. The first kappa shape index (κ1) is 16.5. The molecule has 0 aliphatic carbocycles. The molecule has 1 saturated heterocycles. The summed E-state index contributed by atoms with van der Waals surface area (Å²) in [5, 5.41) is 9.03. The van der Waals surface area contributed by atoms with Gasteiger partial charge in [-0.15, -0.1) is 0 Å². The number of anilines is 2. The van der Waals surface area contributed by atoms with Crippen molar-refractivity contribution in [2.24, 2.45) is 5.92 Å². The molecule has 120 valence electrons.